The van der Waals surface area contributed by atoms with Crippen molar-refractivity contribution in [2.45, 2.75) is 53.6 Å². The highest BCUT2D eigenvalue weighted by Crippen LogP contribution is 2.09. The van der Waals surface area contributed by atoms with Crippen LogP contribution in [0, 0.1) is 0 Å². The van der Waals surface area contributed by atoms with Gasteiger partial charge in [0.05, 0.1) is 13.1 Å². The summed E-state index contributed by atoms with van der Waals surface area (Å²) in [6.07, 6.45) is 0. The van der Waals surface area contributed by atoms with Crippen molar-refractivity contribution in [3.8, 4) is 0 Å². The molecule has 0 fully saturated rings. The zero-order chi connectivity index (χ0) is 21.2. The Kier molecular flexibility index (Phi) is 9.48. The molecule has 0 unspecified atom stereocenters. The second-order valence-electron chi connectivity index (χ2n) is 7.52. The molecule has 0 saturated carbocycles. The summed E-state index contributed by atoms with van der Waals surface area (Å²) in [5.41, 5.74) is 1.41. The van der Waals surface area contributed by atoms with Crippen LogP contribution in [0.3, 0.4) is 0 Å². The second kappa shape index (κ2) is 11.3. The molecule has 0 spiro atoms. The van der Waals surface area contributed by atoms with Crippen LogP contribution in [-0.4, -0.2) is 54.4 Å². The quantitative estimate of drug-likeness (QED) is 0.470. The molecule has 0 heterocycles. The van der Waals surface area contributed by atoms with Crippen LogP contribution in [0.5, 0.6) is 0 Å². The van der Waals surface area contributed by atoms with E-state index in [1.54, 1.807) is 4.90 Å². The van der Waals surface area contributed by atoms with Crippen LogP contribution >= 0.6 is 0 Å². The maximum atomic E-state index is 12.4. The number of hydrogen-bond acceptors (Lipinski definition) is 3. The molecule has 0 aliphatic rings. The summed E-state index contributed by atoms with van der Waals surface area (Å²) in [4.78, 5) is 30.6. The summed E-state index contributed by atoms with van der Waals surface area (Å²) in [6, 6.07) is 7.50. The van der Waals surface area contributed by atoms with E-state index < -0.39 is 0 Å². The Morgan fingerprint density at radius 3 is 2.11 bits per heavy atom. The van der Waals surface area contributed by atoms with Crippen molar-refractivity contribution in [1.82, 2.24) is 20.9 Å². The topological polar surface area (TPSA) is 85.8 Å². The zero-order valence-corrected chi connectivity index (χ0v) is 18.1. The van der Waals surface area contributed by atoms with Gasteiger partial charge in [-0.15, -0.1) is 0 Å². The van der Waals surface area contributed by atoms with Crippen LogP contribution in [0.25, 0.3) is 0 Å². The normalized spacial score (nSPS) is 11.7. The van der Waals surface area contributed by atoms with Crippen LogP contribution in [0.2, 0.25) is 0 Å². The summed E-state index contributed by atoms with van der Waals surface area (Å²) in [5.74, 6) is 0.534. The zero-order valence-electron chi connectivity index (χ0n) is 18.1. The first-order chi connectivity index (χ1) is 13.2. The monoisotopic (exact) mass is 389 g/mol. The van der Waals surface area contributed by atoms with Crippen molar-refractivity contribution >= 4 is 17.8 Å². The lowest BCUT2D eigenvalue weighted by Crippen LogP contribution is -2.48. The van der Waals surface area contributed by atoms with Gasteiger partial charge < -0.3 is 20.9 Å². The maximum absolute atomic E-state index is 12.4. The fourth-order valence-corrected chi connectivity index (χ4v) is 2.58. The fourth-order valence-electron chi connectivity index (χ4n) is 2.58. The Balaban J connectivity index is 2.69. The second-order valence-corrected chi connectivity index (χ2v) is 7.52. The number of carbonyl (C=O) groups is 2. The molecule has 7 nitrogen and oxygen atoms in total. The smallest absolute Gasteiger partial charge is 0.253 e. The number of nitrogens with zero attached hydrogens (tertiary/aromatic N) is 2. The third-order valence-corrected chi connectivity index (χ3v) is 3.95. The third kappa shape index (κ3) is 8.41. The molecule has 1 aromatic carbocycles. The summed E-state index contributed by atoms with van der Waals surface area (Å²) in [5, 5.41) is 9.07. The molecular formula is C21H35N5O2. The van der Waals surface area contributed by atoms with Crippen LogP contribution in [-0.2, 0) is 11.3 Å². The number of hydrogen-bond donors (Lipinski definition) is 3. The Morgan fingerprint density at radius 2 is 1.61 bits per heavy atom. The van der Waals surface area contributed by atoms with E-state index in [4.69, 9.17) is 0 Å². The molecule has 7 heteroatoms. The number of aliphatic imine (C=N–C) groups is 1. The van der Waals surface area contributed by atoms with Gasteiger partial charge in [0, 0.05) is 30.7 Å². The number of nitrogens with one attached hydrogen (secondary N) is 3. The van der Waals surface area contributed by atoms with Crippen LogP contribution in [0.15, 0.2) is 29.3 Å². The minimum Gasteiger partial charge on any atom is -0.357 e. The van der Waals surface area contributed by atoms with Crippen LogP contribution in [0.4, 0.5) is 0 Å². The highest BCUT2D eigenvalue weighted by molar-refractivity contribution is 5.94. The van der Waals surface area contributed by atoms with Gasteiger partial charge >= 0.3 is 0 Å². The van der Waals surface area contributed by atoms with E-state index in [2.05, 4.69) is 20.9 Å². The van der Waals surface area contributed by atoms with E-state index in [1.165, 1.54) is 0 Å². The number of benzene rings is 1. The molecule has 0 aliphatic heterocycles. The molecule has 0 aliphatic carbocycles. The average Bonchev–Trinajstić information content (AvgIpc) is 2.64. The molecule has 2 amide bonds. The molecule has 1 aromatic rings. The summed E-state index contributed by atoms with van der Waals surface area (Å²) < 4.78 is 0. The van der Waals surface area contributed by atoms with E-state index >= 15 is 0 Å². The Bertz CT molecular complexity index is 658. The van der Waals surface area contributed by atoms with Crippen molar-refractivity contribution in [3.05, 3.63) is 35.4 Å². The van der Waals surface area contributed by atoms with Crippen LogP contribution < -0.4 is 16.0 Å². The lowest BCUT2D eigenvalue weighted by molar-refractivity contribution is -0.121. The van der Waals surface area contributed by atoms with Gasteiger partial charge in [0.1, 0.15) is 0 Å². The largest absolute Gasteiger partial charge is 0.357 e. The lowest BCUT2D eigenvalue weighted by atomic mass is 10.1. The standard InChI is InChI=1S/C21H35N5O2/c1-7-22-20(24-15-18(27)25-21(4,5)6)23-14-16-10-12-17(13-11-16)19(28)26(8-2)9-3/h10-13H,7-9,14-15H2,1-6H3,(H,25,27)(H2,22,23,24). The molecule has 0 atom stereocenters. The fraction of sp³-hybridized carbons (Fsp3) is 0.571. The Labute approximate surface area is 169 Å². The first-order valence-corrected chi connectivity index (χ1v) is 9.91. The number of rotatable bonds is 8. The van der Waals surface area contributed by atoms with Gasteiger partial charge in [-0.3, -0.25) is 9.59 Å². The van der Waals surface area contributed by atoms with Gasteiger partial charge in [-0.2, -0.15) is 0 Å². The first kappa shape index (κ1) is 23.5. The number of guanidine groups is 1. The minimum atomic E-state index is -0.265. The van der Waals surface area contributed by atoms with Gasteiger partial charge in [-0.25, -0.2) is 4.99 Å². The summed E-state index contributed by atoms with van der Waals surface area (Å²) in [6.45, 7) is 14.4. The predicted molar refractivity (Wildman–Crippen MR) is 114 cm³/mol. The van der Waals surface area contributed by atoms with Gasteiger partial charge in [0.2, 0.25) is 5.91 Å². The highest BCUT2D eigenvalue weighted by Gasteiger charge is 2.14. The number of carbonyl (C=O) groups excluding carboxylic acids is 2. The van der Waals surface area contributed by atoms with Gasteiger partial charge in [0.15, 0.2) is 5.96 Å². The van der Waals surface area contributed by atoms with Crippen molar-refractivity contribution in [3.63, 3.8) is 0 Å². The summed E-state index contributed by atoms with van der Waals surface area (Å²) in [7, 11) is 0. The molecule has 3 N–H and O–H groups in total. The van der Waals surface area contributed by atoms with Gasteiger partial charge in [-0.1, -0.05) is 12.1 Å². The van der Waals surface area contributed by atoms with Crippen molar-refractivity contribution in [1.29, 1.82) is 0 Å². The van der Waals surface area contributed by atoms with E-state index in [-0.39, 0.29) is 23.9 Å². The average molecular weight is 390 g/mol. The predicted octanol–water partition coefficient (Wildman–Crippen LogP) is 2.14. The van der Waals surface area contributed by atoms with Crippen molar-refractivity contribution in [2.75, 3.05) is 26.2 Å². The first-order valence-electron chi connectivity index (χ1n) is 9.91. The molecule has 0 radical (unpaired) electrons. The number of amides is 2. The molecular weight excluding hydrogens is 354 g/mol. The van der Waals surface area contributed by atoms with Crippen molar-refractivity contribution < 1.29 is 9.59 Å². The Morgan fingerprint density at radius 1 is 1.00 bits per heavy atom. The molecule has 0 saturated heterocycles. The van der Waals surface area contributed by atoms with E-state index in [0.29, 0.717) is 37.7 Å². The summed E-state index contributed by atoms with van der Waals surface area (Å²) >= 11 is 0. The van der Waals surface area contributed by atoms with E-state index in [9.17, 15) is 9.59 Å². The molecule has 1 rings (SSSR count). The minimum absolute atomic E-state index is 0.0416. The van der Waals surface area contributed by atoms with Gasteiger partial charge in [-0.05, 0) is 59.2 Å². The van der Waals surface area contributed by atoms with Crippen LogP contribution in [0.1, 0.15) is 57.5 Å². The van der Waals surface area contributed by atoms with Gasteiger partial charge in [0.25, 0.3) is 5.91 Å². The lowest BCUT2D eigenvalue weighted by Gasteiger charge is -2.21. The Hall–Kier alpha value is -2.57. The highest BCUT2D eigenvalue weighted by atomic mass is 16.2. The molecule has 28 heavy (non-hydrogen) atoms. The molecule has 156 valence electrons. The molecule has 0 aromatic heterocycles. The SMILES string of the molecule is CCNC(=NCc1ccc(C(=O)N(CC)CC)cc1)NCC(=O)NC(C)(C)C. The van der Waals surface area contributed by atoms with E-state index in [1.807, 2.05) is 65.8 Å². The third-order valence-electron chi connectivity index (χ3n) is 3.95. The van der Waals surface area contributed by atoms with Crippen molar-refractivity contribution in [2.24, 2.45) is 4.99 Å². The van der Waals surface area contributed by atoms with E-state index in [0.717, 1.165) is 5.56 Å². The maximum Gasteiger partial charge on any atom is 0.253 e. The molecule has 0 bridgehead atoms.